The molecule has 0 fully saturated rings. The molecule has 0 unspecified atom stereocenters. The maximum Gasteiger partial charge on any atom is 0.267 e. The third-order valence-corrected chi connectivity index (χ3v) is 5.53. The van der Waals surface area contributed by atoms with Gasteiger partial charge < -0.3 is 19.4 Å². The van der Waals surface area contributed by atoms with Crippen molar-refractivity contribution in [3.63, 3.8) is 0 Å². The van der Waals surface area contributed by atoms with E-state index in [2.05, 4.69) is 5.32 Å². The molecule has 0 saturated carbocycles. The monoisotopic (exact) mass is 404 g/mol. The number of thiophene rings is 1. The van der Waals surface area contributed by atoms with Crippen LogP contribution in [-0.4, -0.2) is 24.7 Å². The Bertz CT molecular complexity index is 1120. The largest absolute Gasteiger partial charge is 0.493 e. The molecule has 2 aromatic heterocycles. The lowest BCUT2D eigenvalue weighted by Gasteiger charge is -2.12. The van der Waals surface area contributed by atoms with E-state index in [1.165, 1.54) is 11.3 Å². The van der Waals surface area contributed by atoms with Gasteiger partial charge in [-0.05, 0) is 29.8 Å². The lowest BCUT2D eigenvalue weighted by Crippen LogP contribution is -2.13. The quantitative estimate of drug-likeness (QED) is 0.463. The van der Waals surface area contributed by atoms with Crippen LogP contribution in [0.1, 0.15) is 9.67 Å². The summed E-state index contributed by atoms with van der Waals surface area (Å²) in [6.45, 7) is 0. The van der Waals surface area contributed by atoms with Crippen LogP contribution >= 0.6 is 11.3 Å². The second-order valence-electron chi connectivity index (χ2n) is 6.31. The molecular formula is C23H20N2O3S. The molecule has 0 saturated heterocycles. The number of carbonyl (C=O) groups is 1. The van der Waals surface area contributed by atoms with E-state index >= 15 is 0 Å². The fourth-order valence-electron chi connectivity index (χ4n) is 3.18. The van der Waals surface area contributed by atoms with Crippen molar-refractivity contribution < 1.29 is 14.3 Å². The number of ether oxygens (including phenoxy) is 2. The Balaban J connectivity index is 1.72. The van der Waals surface area contributed by atoms with E-state index in [1.54, 1.807) is 32.4 Å². The average molecular weight is 404 g/mol. The lowest BCUT2D eigenvalue weighted by atomic mass is 10.1. The molecule has 0 aliphatic heterocycles. The molecule has 6 heteroatoms. The Morgan fingerprint density at radius 3 is 2.34 bits per heavy atom. The first-order valence-corrected chi connectivity index (χ1v) is 9.93. The van der Waals surface area contributed by atoms with Gasteiger partial charge in [-0.15, -0.1) is 11.3 Å². The highest BCUT2D eigenvalue weighted by Gasteiger charge is 2.21. The van der Waals surface area contributed by atoms with Crippen LogP contribution in [0.4, 0.5) is 5.69 Å². The summed E-state index contributed by atoms with van der Waals surface area (Å²) in [4.78, 5) is 13.8. The van der Waals surface area contributed by atoms with Crippen molar-refractivity contribution in [3.8, 4) is 28.3 Å². The first-order chi connectivity index (χ1) is 14.2. The number of nitrogens with one attached hydrogen (secondary N) is 1. The van der Waals surface area contributed by atoms with Gasteiger partial charge in [0.15, 0.2) is 11.5 Å². The van der Waals surface area contributed by atoms with Gasteiger partial charge in [0.25, 0.3) is 5.91 Å². The Labute approximate surface area is 173 Å². The van der Waals surface area contributed by atoms with Crippen molar-refractivity contribution in [2.24, 2.45) is 0 Å². The molecule has 0 radical (unpaired) electrons. The van der Waals surface area contributed by atoms with E-state index in [9.17, 15) is 4.79 Å². The van der Waals surface area contributed by atoms with Crippen molar-refractivity contribution in [2.45, 2.75) is 0 Å². The molecular weight excluding hydrogens is 384 g/mol. The molecule has 0 aliphatic rings. The van der Waals surface area contributed by atoms with Crippen LogP contribution in [0.3, 0.4) is 0 Å². The third kappa shape index (κ3) is 3.75. The summed E-state index contributed by atoms with van der Waals surface area (Å²) < 4.78 is 12.6. The Hall–Kier alpha value is -3.51. The van der Waals surface area contributed by atoms with Crippen LogP contribution < -0.4 is 14.8 Å². The van der Waals surface area contributed by atoms with Gasteiger partial charge in [-0.3, -0.25) is 4.79 Å². The minimum Gasteiger partial charge on any atom is -0.493 e. The summed E-state index contributed by atoms with van der Waals surface area (Å²) in [5, 5.41) is 5.00. The second-order valence-corrected chi connectivity index (χ2v) is 7.19. The molecule has 1 N–H and O–H groups in total. The maximum absolute atomic E-state index is 13.1. The van der Waals surface area contributed by atoms with Gasteiger partial charge in [-0.25, -0.2) is 0 Å². The summed E-state index contributed by atoms with van der Waals surface area (Å²) in [6, 6.07) is 19.3. The van der Waals surface area contributed by atoms with Gasteiger partial charge in [0, 0.05) is 35.1 Å². The molecule has 5 nitrogen and oxygen atoms in total. The minimum absolute atomic E-state index is 0.173. The van der Waals surface area contributed by atoms with Crippen LogP contribution in [-0.2, 0) is 0 Å². The normalized spacial score (nSPS) is 10.6. The molecule has 29 heavy (non-hydrogen) atoms. The van der Waals surface area contributed by atoms with Crippen LogP contribution in [0.25, 0.3) is 16.8 Å². The average Bonchev–Trinajstić information content (AvgIpc) is 3.43. The SMILES string of the molecule is COc1ccc(NC(=O)c2scc(-c3ccccc3)c2-n2cccc2)cc1OC. The van der Waals surface area contributed by atoms with Gasteiger partial charge in [-0.2, -0.15) is 0 Å². The predicted molar refractivity (Wildman–Crippen MR) is 117 cm³/mol. The van der Waals surface area contributed by atoms with Gasteiger partial charge in [0.05, 0.1) is 19.9 Å². The van der Waals surface area contributed by atoms with E-state index in [0.717, 1.165) is 16.8 Å². The summed E-state index contributed by atoms with van der Waals surface area (Å²) in [5.74, 6) is 1.00. The number of methoxy groups -OCH3 is 2. The van der Waals surface area contributed by atoms with E-state index in [-0.39, 0.29) is 5.91 Å². The molecule has 0 aliphatic carbocycles. The van der Waals surface area contributed by atoms with Crippen molar-refractivity contribution in [2.75, 3.05) is 19.5 Å². The standard InChI is InChI=1S/C23H20N2O3S/c1-27-19-11-10-17(14-20(19)28-2)24-23(26)22-21(25-12-6-7-13-25)18(15-29-22)16-8-4-3-5-9-16/h3-15H,1-2H3,(H,24,26). The number of hydrogen-bond donors (Lipinski definition) is 1. The van der Waals surface area contributed by atoms with Crippen LogP contribution in [0, 0.1) is 0 Å². The molecule has 2 heterocycles. The zero-order valence-electron chi connectivity index (χ0n) is 16.1. The number of hydrogen-bond acceptors (Lipinski definition) is 4. The molecule has 0 atom stereocenters. The fraction of sp³-hybridized carbons (Fsp3) is 0.0870. The first kappa shape index (κ1) is 18.8. The Kier molecular flexibility index (Phi) is 5.35. The summed E-state index contributed by atoms with van der Waals surface area (Å²) >= 11 is 1.43. The first-order valence-electron chi connectivity index (χ1n) is 9.05. The van der Waals surface area contributed by atoms with Gasteiger partial charge in [-0.1, -0.05) is 30.3 Å². The Morgan fingerprint density at radius 2 is 1.66 bits per heavy atom. The number of carbonyl (C=O) groups excluding carboxylic acids is 1. The van der Waals surface area contributed by atoms with Crippen LogP contribution in [0.2, 0.25) is 0 Å². The van der Waals surface area contributed by atoms with E-state index in [4.69, 9.17) is 9.47 Å². The van der Waals surface area contributed by atoms with Gasteiger partial charge >= 0.3 is 0 Å². The zero-order chi connectivity index (χ0) is 20.2. The highest BCUT2D eigenvalue weighted by atomic mass is 32.1. The van der Waals surface area contributed by atoms with E-state index in [1.807, 2.05) is 64.8 Å². The number of amides is 1. The number of anilines is 1. The molecule has 0 spiro atoms. The predicted octanol–water partition coefficient (Wildman–Crippen LogP) is 5.48. The summed E-state index contributed by atoms with van der Waals surface area (Å²) in [5.41, 5.74) is 3.59. The topological polar surface area (TPSA) is 52.5 Å². The summed E-state index contributed by atoms with van der Waals surface area (Å²) in [7, 11) is 3.15. The van der Waals surface area contributed by atoms with E-state index in [0.29, 0.717) is 22.1 Å². The number of nitrogens with zero attached hydrogens (tertiary/aromatic N) is 1. The van der Waals surface area contributed by atoms with Gasteiger partial charge in [0.2, 0.25) is 0 Å². The van der Waals surface area contributed by atoms with Crippen LogP contribution in [0.15, 0.2) is 78.4 Å². The van der Waals surface area contributed by atoms with Crippen LogP contribution in [0.5, 0.6) is 11.5 Å². The minimum atomic E-state index is -0.173. The highest BCUT2D eigenvalue weighted by molar-refractivity contribution is 7.13. The Morgan fingerprint density at radius 1 is 0.931 bits per heavy atom. The molecule has 0 bridgehead atoms. The molecule has 146 valence electrons. The van der Waals surface area contributed by atoms with Gasteiger partial charge in [0.1, 0.15) is 4.88 Å². The lowest BCUT2D eigenvalue weighted by molar-refractivity contribution is 0.103. The second kappa shape index (κ2) is 8.24. The zero-order valence-corrected chi connectivity index (χ0v) is 16.9. The molecule has 4 aromatic rings. The molecule has 4 rings (SSSR count). The van der Waals surface area contributed by atoms with Crippen molar-refractivity contribution in [3.05, 3.63) is 83.3 Å². The molecule has 1 amide bonds. The number of benzene rings is 2. The summed E-state index contributed by atoms with van der Waals surface area (Å²) in [6.07, 6.45) is 3.89. The highest BCUT2D eigenvalue weighted by Crippen LogP contribution is 2.36. The fourth-order valence-corrected chi connectivity index (χ4v) is 4.15. The molecule has 2 aromatic carbocycles. The third-order valence-electron chi connectivity index (χ3n) is 4.56. The van der Waals surface area contributed by atoms with E-state index < -0.39 is 0 Å². The van der Waals surface area contributed by atoms with Crippen molar-refractivity contribution >= 4 is 22.9 Å². The van der Waals surface area contributed by atoms with Crippen molar-refractivity contribution in [1.29, 1.82) is 0 Å². The maximum atomic E-state index is 13.1. The number of rotatable bonds is 6. The smallest absolute Gasteiger partial charge is 0.267 e. The number of aromatic nitrogens is 1. The van der Waals surface area contributed by atoms with Crippen molar-refractivity contribution in [1.82, 2.24) is 4.57 Å².